The Morgan fingerprint density at radius 1 is 1.40 bits per heavy atom. The van der Waals surface area contributed by atoms with Crippen molar-refractivity contribution in [3.05, 3.63) is 35.6 Å². The summed E-state index contributed by atoms with van der Waals surface area (Å²) in [5, 5.41) is 0. The van der Waals surface area contributed by atoms with Crippen molar-refractivity contribution in [2.75, 3.05) is 19.7 Å². The van der Waals surface area contributed by atoms with Crippen molar-refractivity contribution in [3.63, 3.8) is 0 Å². The minimum Gasteiger partial charge on any atom is -0.445 e. The molecule has 1 aromatic rings. The van der Waals surface area contributed by atoms with E-state index >= 15 is 0 Å². The molecule has 1 aromatic carbocycles. The van der Waals surface area contributed by atoms with E-state index in [4.69, 9.17) is 45.3 Å². The van der Waals surface area contributed by atoms with Crippen molar-refractivity contribution >= 4 is 46.7 Å². The fraction of sp³-hybridized carbons (Fsp3) is 0.429. The zero-order valence-electron chi connectivity index (χ0n) is 12.6. The van der Waals surface area contributed by atoms with Crippen LogP contribution in [0.5, 0.6) is 0 Å². The summed E-state index contributed by atoms with van der Waals surface area (Å²) in [7, 11) is 0. The predicted octanol–water partition coefficient (Wildman–Crippen LogP) is 3.47. The van der Waals surface area contributed by atoms with Gasteiger partial charge in [0.2, 0.25) is 3.79 Å². The van der Waals surface area contributed by atoms with Crippen LogP contribution in [0.2, 0.25) is 0 Å². The van der Waals surface area contributed by atoms with Crippen LogP contribution >= 0.6 is 34.8 Å². The minimum absolute atomic E-state index is 0.276. The zero-order valence-corrected chi connectivity index (χ0v) is 14.8. The van der Waals surface area contributed by atoms with Crippen LogP contribution in [-0.2, 0) is 10.3 Å². The maximum atomic E-state index is 14.1. The summed E-state index contributed by atoms with van der Waals surface area (Å²) in [6, 6.07) is 4.91. The highest BCUT2D eigenvalue weighted by Gasteiger charge is 2.48. The lowest BCUT2D eigenvalue weighted by Gasteiger charge is -2.38. The number of hydrogen-bond acceptors (Lipinski definition) is 4. The Labute approximate surface area is 156 Å². The van der Waals surface area contributed by atoms with Gasteiger partial charge in [0.1, 0.15) is 18.3 Å². The van der Waals surface area contributed by atoms with Gasteiger partial charge >= 0.3 is 6.09 Å². The molecule has 0 radical (unpaired) electrons. The Bertz CT molecular complexity index is 685. The third kappa shape index (κ3) is 4.62. The molecule has 25 heavy (non-hydrogen) atoms. The van der Waals surface area contributed by atoms with Gasteiger partial charge in [-0.1, -0.05) is 53.0 Å². The second-order valence-corrected chi connectivity index (χ2v) is 7.85. The Morgan fingerprint density at radius 2 is 2.04 bits per heavy atom. The molecule has 5 nitrogen and oxygen atoms in total. The molecule has 2 rings (SSSR count). The summed E-state index contributed by atoms with van der Waals surface area (Å²) in [6.45, 7) is -1.52. The molecule has 0 saturated carbocycles. The first kappa shape index (κ1) is 19.9. The van der Waals surface area contributed by atoms with Crippen LogP contribution < -0.4 is 5.73 Å². The van der Waals surface area contributed by atoms with E-state index in [1.54, 1.807) is 0 Å². The average Bonchev–Trinajstić information content (AvgIpc) is 2.51. The average molecular weight is 419 g/mol. The number of amidine groups is 1. The van der Waals surface area contributed by atoms with E-state index in [0.29, 0.717) is 0 Å². The van der Waals surface area contributed by atoms with Crippen LogP contribution in [0, 0.1) is 5.82 Å². The highest BCUT2D eigenvalue weighted by Crippen LogP contribution is 2.37. The Hall–Kier alpha value is -1.38. The van der Waals surface area contributed by atoms with Gasteiger partial charge < -0.3 is 10.5 Å². The summed E-state index contributed by atoms with van der Waals surface area (Å²) in [5.74, 6) is -1.17. The maximum Gasteiger partial charge on any atom is 0.410 e. The lowest BCUT2D eigenvalue weighted by molar-refractivity contribution is 0.0205. The molecule has 11 heteroatoms. The summed E-state index contributed by atoms with van der Waals surface area (Å²) < 4.78 is 44.7. The number of alkyl halides is 5. The Morgan fingerprint density at radius 3 is 2.60 bits per heavy atom. The van der Waals surface area contributed by atoms with E-state index in [0.717, 1.165) is 17.0 Å². The van der Waals surface area contributed by atoms with Crippen molar-refractivity contribution in [2.24, 2.45) is 10.7 Å². The quantitative estimate of drug-likeness (QED) is 0.764. The number of nitrogens with two attached hydrogens (primary N) is 1. The molecule has 1 unspecified atom stereocenters. The molecule has 138 valence electrons. The summed E-state index contributed by atoms with van der Waals surface area (Å²) >= 11 is 16.5. The van der Waals surface area contributed by atoms with E-state index in [2.05, 4.69) is 4.99 Å². The fourth-order valence-electron chi connectivity index (χ4n) is 2.43. The molecule has 1 aliphatic heterocycles. The number of rotatable bonds is 3. The van der Waals surface area contributed by atoms with Crippen molar-refractivity contribution in [2.45, 2.75) is 15.8 Å². The predicted molar refractivity (Wildman–Crippen MR) is 88.9 cm³/mol. The van der Waals surface area contributed by atoms with Gasteiger partial charge in [-0.2, -0.15) is 0 Å². The standard InChI is InChI=1S/C14H13Cl3F3N3O2/c15-14(16,17)7-25-12(24)23-5-10(21)22-13(6-23,11(19)20)8-3-1-2-4-9(8)18/h1-4,11H,5-7H2,(H2,21,22). The van der Waals surface area contributed by atoms with Crippen molar-refractivity contribution in [1.82, 2.24) is 4.90 Å². The normalized spacial score (nSPS) is 21.2. The van der Waals surface area contributed by atoms with Crippen LogP contribution in [0.3, 0.4) is 0 Å². The molecule has 1 atom stereocenters. The molecule has 0 fully saturated rings. The number of benzene rings is 1. The highest BCUT2D eigenvalue weighted by molar-refractivity contribution is 6.67. The lowest BCUT2D eigenvalue weighted by atomic mass is 9.88. The van der Waals surface area contributed by atoms with Crippen molar-refractivity contribution in [3.8, 4) is 0 Å². The first-order valence-electron chi connectivity index (χ1n) is 6.91. The third-order valence-corrected chi connectivity index (χ3v) is 3.77. The molecule has 0 aromatic heterocycles. The van der Waals surface area contributed by atoms with Gasteiger partial charge in [-0.25, -0.2) is 18.0 Å². The van der Waals surface area contributed by atoms with E-state index in [9.17, 15) is 18.0 Å². The van der Waals surface area contributed by atoms with Gasteiger partial charge in [-0.05, 0) is 6.07 Å². The summed E-state index contributed by atoms with van der Waals surface area (Å²) in [4.78, 5) is 16.7. The number of nitrogens with zero attached hydrogens (tertiary/aromatic N) is 2. The minimum atomic E-state index is -3.13. The van der Waals surface area contributed by atoms with Gasteiger partial charge in [0.25, 0.3) is 6.43 Å². The second-order valence-electron chi connectivity index (χ2n) is 5.33. The molecule has 1 amide bonds. The monoisotopic (exact) mass is 417 g/mol. The number of aliphatic imine (C=N–C) groups is 1. The number of ether oxygens (including phenoxy) is 1. The van der Waals surface area contributed by atoms with Gasteiger partial charge in [0.05, 0.1) is 13.1 Å². The SMILES string of the molecule is NC1=NC(c2ccccc2F)(C(F)F)CN(C(=O)OCC(Cl)(Cl)Cl)C1. The highest BCUT2D eigenvalue weighted by atomic mass is 35.6. The van der Waals surface area contributed by atoms with Crippen LogP contribution in [0.15, 0.2) is 29.3 Å². The summed E-state index contributed by atoms with van der Waals surface area (Å²) in [5.41, 5.74) is 2.88. The fourth-order valence-corrected chi connectivity index (χ4v) is 2.59. The Kier molecular flexibility index (Phi) is 5.96. The molecule has 0 aliphatic carbocycles. The van der Waals surface area contributed by atoms with Gasteiger partial charge in [0.15, 0.2) is 5.54 Å². The van der Waals surface area contributed by atoms with Crippen molar-refractivity contribution in [1.29, 1.82) is 0 Å². The van der Waals surface area contributed by atoms with E-state index in [1.165, 1.54) is 12.1 Å². The number of carbonyl (C=O) groups is 1. The third-order valence-electron chi connectivity index (χ3n) is 3.45. The number of amides is 1. The number of hydrogen-bond donors (Lipinski definition) is 1. The maximum absolute atomic E-state index is 14.1. The van der Waals surface area contributed by atoms with Crippen molar-refractivity contribution < 1.29 is 22.7 Å². The van der Waals surface area contributed by atoms with Gasteiger partial charge in [-0.3, -0.25) is 9.89 Å². The largest absolute Gasteiger partial charge is 0.445 e. The Balaban J connectivity index is 2.34. The summed E-state index contributed by atoms with van der Waals surface area (Å²) in [6.07, 6.45) is -4.17. The smallest absolute Gasteiger partial charge is 0.410 e. The van der Waals surface area contributed by atoms with E-state index in [1.807, 2.05) is 0 Å². The molecular formula is C14H13Cl3F3N3O2. The van der Waals surface area contributed by atoms with Crippen LogP contribution in [0.4, 0.5) is 18.0 Å². The van der Waals surface area contributed by atoms with Crippen LogP contribution in [0.1, 0.15) is 5.56 Å². The lowest BCUT2D eigenvalue weighted by Crippen LogP contribution is -2.55. The first-order valence-corrected chi connectivity index (χ1v) is 8.04. The topological polar surface area (TPSA) is 67.9 Å². The molecule has 2 N–H and O–H groups in total. The van der Waals surface area contributed by atoms with Gasteiger partial charge in [0, 0.05) is 5.56 Å². The number of carbonyl (C=O) groups excluding carboxylic acids is 1. The first-order chi connectivity index (χ1) is 11.5. The number of halogens is 6. The van der Waals surface area contributed by atoms with Crippen LogP contribution in [0.25, 0.3) is 0 Å². The second kappa shape index (κ2) is 7.47. The molecule has 1 aliphatic rings. The molecule has 0 saturated heterocycles. The van der Waals surface area contributed by atoms with E-state index in [-0.39, 0.29) is 17.9 Å². The van der Waals surface area contributed by atoms with Gasteiger partial charge in [-0.15, -0.1) is 0 Å². The van der Waals surface area contributed by atoms with Crippen LogP contribution in [-0.4, -0.2) is 46.7 Å². The van der Waals surface area contributed by atoms with E-state index < -0.39 is 40.8 Å². The molecule has 0 spiro atoms. The molecular weight excluding hydrogens is 406 g/mol. The molecule has 0 bridgehead atoms. The zero-order chi connectivity index (χ0) is 18.8. The molecule has 1 heterocycles.